The van der Waals surface area contributed by atoms with Gasteiger partial charge in [-0.1, -0.05) is 90.1 Å². The summed E-state index contributed by atoms with van der Waals surface area (Å²) in [6, 6.07) is 18.4. The van der Waals surface area contributed by atoms with Gasteiger partial charge in [-0.3, -0.25) is 9.79 Å². The van der Waals surface area contributed by atoms with Crippen LogP contribution in [0.4, 0.5) is 0 Å². The van der Waals surface area contributed by atoms with Crippen LogP contribution in [0, 0.1) is 17.8 Å². The van der Waals surface area contributed by atoms with Gasteiger partial charge in [0.2, 0.25) is 12.4 Å². The third kappa shape index (κ3) is 9.65. The van der Waals surface area contributed by atoms with E-state index in [1.807, 2.05) is 18.3 Å². The van der Waals surface area contributed by atoms with Gasteiger partial charge in [-0.05, 0) is 83.7 Å². The minimum atomic E-state index is -2.16. The number of nitrogens with two attached hydrogens (primary N) is 1. The third-order valence-electron chi connectivity index (χ3n) is 11.7. The first-order valence-electron chi connectivity index (χ1n) is 20.2. The van der Waals surface area contributed by atoms with Crippen molar-refractivity contribution >= 4 is 57.1 Å². The fraction of sp³-hybridized carbons (Fsp3) is 0.400. The zero-order valence-electron chi connectivity index (χ0n) is 33.8. The highest BCUT2D eigenvalue weighted by Crippen LogP contribution is 2.43. The summed E-state index contributed by atoms with van der Waals surface area (Å²) < 4.78 is 24.3. The van der Waals surface area contributed by atoms with Gasteiger partial charge in [0.25, 0.3) is 5.91 Å². The minimum Gasteiger partial charge on any atom is -0.508 e. The van der Waals surface area contributed by atoms with Crippen LogP contribution in [0.5, 0.6) is 17.2 Å². The molecule has 1 amide bonds. The molecule has 9 atom stereocenters. The highest BCUT2D eigenvalue weighted by atomic mass is 33.1. The summed E-state index contributed by atoms with van der Waals surface area (Å²) in [5.74, 6) is -1.58. The number of carbonyl (C=O) groups excluding carboxylic acids is 1. The first-order valence-corrected chi connectivity index (χ1v) is 22.7. The van der Waals surface area contributed by atoms with Crippen molar-refractivity contribution in [1.82, 2.24) is 5.32 Å². The number of phenolic OH excluding ortho intramolecular Hbond substituents is 1. The van der Waals surface area contributed by atoms with Crippen LogP contribution < -0.4 is 20.5 Å². The molecule has 324 valence electrons. The van der Waals surface area contributed by atoms with Crippen molar-refractivity contribution in [2.45, 2.75) is 63.0 Å². The molecule has 16 heteroatoms. The van der Waals surface area contributed by atoms with Gasteiger partial charge in [0.1, 0.15) is 41.2 Å². The lowest BCUT2D eigenvalue weighted by atomic mass is 9.77. The van der Waals surface area contributed by atoms with Crippen LogP contribution in [0.3, 0.4) is 0 Å². The maximum atomic E-state index is 12.7. The summed E-state index contributed by atoms with van der Waals surface area (Å²) in [6.45, 7) is 5.17. The van der Waals surface area contributed by atoms with Crippen LogP contribution in [-0.4, -0.2) is 111 Å². The second-order valence-electron chi connectivity index (χ2n) is 15.6. The summed E-state index contributed by atoms with van der Waals surface area (Å²) in [6.07, 6.45) is 1.96. The lowest BCUT2D eigenvalue weighted by Gasteiger charge is -2.49. The predicted octanol–water partition coefficient (Wildman–Crippen LogP) is 5.22. The molecule has 0 bridgehead atoms. The first kappa shape index (κ1) is 44.3. The molecular formula is C45H51N3O11S2. The number of hydrogen-bond acceptors (Lipinski definition) is 14. The number of carbonyl (C=O) groups is 2. The van der Waals surface area contributed by atoms with Crippen molar-refractivity contribution in [2.24, 2.45) is 28.5 Å². The number of aliphatic imine (C=N–C) groups is 1. The monoisotopic (exact) mass is 873 g/mol. The molecule has 0 spiro atoms. The summed E-state index contributed by atoms with van der Waals surface area (Å²) in [5, 5.41) is 58.9. The van der Waals surface area contributed by atoms with E-state index in [0.717, 1.165) is 24.2 Å². The summed E-state index contributed by atoms with van der Waals surface area (Å²) >= 11 is 0. The van der Waals surface area contributed by atoms with E-state index >= 15 is 0 Å². The summed E-state index contributed by atoms with van der Waals surface area (Å²) in [5.41, 5.74) is 7.85. The van der Waals surface area contributed by atoms with Crippen LogP contribution >= 0.6 is 21.6 Å². The lowest BCUT2D eigenvalue weighted by molar-refractivity contribution is -0.316. The number of β-amino-alcohol motifs (C(OH)–C–C–N with tert-alkyl or cyclic N) is 1. The van der Waals surface area contributed by atoms with E-state index in [9.17, 15) is 35.1 Å². The van der Waals surface area contributed by atoms with Crippen LogP contribution in [0.2, 0.25) is 0 Å². The Morgan fingerprint density at radius 2 is 1.90 bits per heavy atom. The lowest BCUT2D eigenvalue weighted by Crippen LogP contribution is -2.72. The summed E-state index contributed by atoms with van der Waals surface area (Å²) in [7, 11) is 2.99. The number of phenols is 1. The van der Waals surface area contributed by atoms with Gasteiger partial charge in [0, 0.05) is 24.6 Å². The van der Waals surface area contributed by atoms with Gasteiger partial charge in [-0.25, -0.2) is 4.79 Å². The largest absolute Gasteiger partial charge is 0.508 e. The molecule has 14 nitrogen and oxygen atoms in total. The number of primary amides is 1. The normalized spacial score (nSPS) is 28.7. The molecule has 2 fully saturated rings. The molecule has 0 aromatic heterocycles. The Morgan fingerprint density at radius 3 is 2.62 bits per heavy atom. The number of amides is 1. The number of ether oxygens (including phenoxy) is 4. The van der Waals surface area contributed by atoms with Gasteiger partial charge in [0.05, 0.1) is 17.7 Å². The topological polar surface area (TPSA) is 223 Å². The minimum absolute atomic E-state index is 0.00355. The van der Waals surface area contributed by atoms with E-state index in [1.54, 1.807) is 10.8 Å². The molecule has 3 aromatic carbocycles. The van der Waals surface area contributed by atoms with Crippen LogP contribution in [-0.2, 0) is 25.5 Å². The number of benzene rings is 3. The molecule has 4 aliphatic heterocycles. The van der Waals surface area contributed by atoms with Crippen molar-refractivity contribution in [3.8, 4) is 17.2 Å². The molecular weight excluding hydrogens is 823 g/mol. The van der Waals surface area contributed by atoms with E-state index in [-0.39, 0.29) is 64.4 Å². The first-order chi connectivity index (χ1) is 29.4. The molecule has 7 rings (SSSR count). The number of fused-ring (bicyclic) bond motifs is 2. The van der Waals surface area contributed by atoms with Gasteiger partial charge in [-0.15, -0.1) is 0 Å². The average Bonchev–Trinajstić information content (AvgIpc) is 3.78. The number of aromatic hydroxyl groups is 1. The number of carboxylic acid groups (broad SMARTS) is 1. The number of allylic oxidation sites excluding steroid dienone is 2. The number of carboxylic acids is 1. The van der Waals surface area contributed by atoms with Crippen molar-refractivity contribution in [3.05, 3.63) is 107 Å². The molecule has 0 aliphatic carbocycles. The number of aliphatic carboxylic acids is 1. The molecule has 2 saturated heterocycles. The number of hydrogen-bond donors (Lipinski definition) is 7. The van der Waals surface area contributed by atoms with Gasteiger partial charge in [-0.2, -0.15) is 0 Å². The number of nitrogens with one attached hydrogen (secondary N) is 1. The fourth-order valence-electron chi connectivity index (χ4n) is 8.38. The molecule has 4 heterocycles. The van der Waals surface area contributed by atoms with E-state index in [4.69, 9.17) is 24.7 Å². The van der Waals surface area contributed by atoms with Crippen LogP contribution in [0.1, 0.15) is 42.5 Å². The molecule has 8 N–H and O–H groups in total. The van der Waals surface area contributed by atoms with E-state index in [0.29, 0.717) is 18.7 Å². The summed E-state index contributed by atoms with van der Waals surface area (Å²) in [4.78, 5) is 29.6. The molecule has 3 aromatic rings. The van der Waals surface area contributed by atoms with Crippen molar-refractivity contribution < 1.29 is 54.1 Å². The maximum absolute atomic E-state index is 12.7. The van der Waals surface area contributed by atoms with E-state index < -0.39 is 48.2 Å². The Kier molecular flexibility index (Phi) is 14.1. The second kappa shape index (κ2) is 19.5. The Labute approximate surface area is 361 Å². The third-order valence-corrected chi connectivity index (χ3v) is 13.8. The van der Waals surface area contributed by atoms with Crippen LogP contribution in [0.15, 0.2) is 89.4 Å². The van der Waals surface area contributed by atoms with Crippen molar-refractivity contribution in [1.29, 1.82) is 0 Å². The number of aliphatic hydroxyl groups is 3. The highest BCUT2D eigenvalue weighted by Gasteiger charge is 2.59. The zero-order valence-corrected chi connectivity index (χ0v) is 35.4. The molecule has 61 heavy (non-hydrogen) atoms. The maximum Gasteiger partial charge on any atom is 0.335 e. The van der Waals surface area contributed by atoms with Gasteiger partial charge < -0.3 is 55.5 Å². The number of aryl methyl sites for hydroxylation is 1. The fourth-order valence-corrected chi connectivity index (χ4v) is 10.4. The Balaban J connectivity index is 1.18. The highest BCUT2D eigenvalue weighted by molar-refractivity contribution is 8.76. The Morgan fingerprint density at radius 1 is 1.11 bits per heavy atom. The number of nitrogens with zero attached hydrogens (tertiary/aromatic N) is 1. The van der Waals surface area contributed by atoms with Crippen LogP contribution in [0.25, 0.3) is 17.4 Å². The van der Waals surface area contributed by atoms with Crippen molar-refractivity contribution in [2.75, 3.05) is 31.3 Å². The average molecular weight is 874 g/mol. The quantitative estimate of drug-likeness (QED) is 0.123. The smallest absolute Gasteiger partial charge is 0.335 e. The molecule has 0 radical (unpaired) electrons. The Bertz CT molecular complexity index is 2200. The Hall–Kier alpha value is -4.81. The van der Waals surface area contributed by atoms with E-state index in [2.05, 4.69) is 54.5 Å². The van der Waals surface area contributed by atoms with Gasteiger partial charge >= 0.3 is 5.97 Å². The molecule has 0 saturated carbocycles. The predicted molar refractivity (Wildman–Crippen MR) is 235 cm³/mol. The number of aliphatic hydroxyl groups excluding tert-OH is 2. The SMILES string of the molecule is CCc1ccccc1C=CCC(C)C1CNCC2(O)C(Oc3ccc4c(c3)OC(C(N)=O)C(c3ccc(O)cc3)=C4O)OC(C(=O)O)C(O)C2OCSSCC1C1=CCN=C1. The van der Waals surface area contributed by atoms with E-state index in [1.165, 1.54) is 64.4 Å². The van der Waals surface area contributed by atoms with Gasteiger partial charge in [0.15, 0.2) is 11.7 Å². The van der Waals surface area contributed by atoms with Crippen molar-refractivity contribution in [3.63, 3.8) is 0 Å². The molecule has 4 aliphatic rings. The zero-order chi connectivity index (χ0) is 43.3. The second-order valence-corrected chi connectivity index (χ2v) is 18.0. The number of rotatable bonds is 11. The molecule has 9 unspecified atom stereocenters. The standard InChI is InChI=1S/C45H51N3O11S2/c1-3-26-8-4-5-9-27(26)10-6-7-25(2)33-21-48-23-45(55)41(56-24-61-60-22-34(33)29-17-18-47-20-29)38(51)40(43(53)54)59-44(45)57-31-15-16-32-35(19-31)58-39(42(46)52)36(37(32)50)28-11-13-30(49)14-12-28/h4-6,8-17,19-20,25,33-34,38-41,44,48-51,55H,3,7,18,21-24H2,1-2H3,(H2,46,52)(H,53,54).